The number of rotatable bonds is 8. The molecule has 6 nitrogen and oxygen atoms in total. The van der Waals surface area contributed by atoms with Crippen LogP contribution < -0.4 is 10.2 Å². The predicted molar refractivity (Wildman–Crippen MR) is 131 cm³/mol. The molecule has 2 aromatic heterocycles. The summed E-state index contributed by atoms with van der Waals surface area (Å²) in [6.07, 6.45) is 6.12. The molecule has 0 atom stereocenters. The molecule has 1 aromatic carbocycles. The average molecular weight is 428 g/mol. The number of ether oxygens (including phenoxy) is 1. The van der Waals surface area contributed by atoms with Crippen molar-refractivity contribution in [2.24, 2.45) is 5.10 Å². The molecule has 1 N–H and O–H groups in total. The summed E-state index contributed by atoms with van der Waals surface area (Å²) in [5, 5.41) is 4.97. The Morgan fingerprint density at radius 1 is 1.23 bits per heavy atom. The van der Waals surface area contributed by atoms with Crippen LogP contribution in [0.25, 0.3) is 10.2 Å². The highest BCUT2D eigenvalue weighted by Gasteiger charge is 2.01. The highest BCUT2D eigenvalue weighted by Crippen LogP contribution is 2.25. The van der Waals surface area contributed by atoms with Crippen LogP contribution in [0.2, 0.25) is 0 Å². The number of allylic oxidation sites excluding steroid dienone is 1. The summed E-state index contributed by atoms with van der Waals surface area (Å²) in [5.74, 6) is 0.801. The Labute approximate surface area is 184 Å². The fraction of sp³-hybridized carbons (Fsp3) is 0.348. The van der Waals surface area contributed by atoms with Gasteiger partial charge in [-0.05, 0) is 45.6 Å². The van der Waals surface area contributed by atoms with Gasteiger partial charge in [-0.1, -0.05) is 43.4 Å². The van der Waals surface area contributed by atoms with Gasteiger partial charge >= 0.3 is 0 Å². The van der Waals surface area contributed by atoms with Crippen LogP contribution in [0.1, 0.15) is 32.9 Å². The predicted octanol–water partition coefficient (Wildman–Crippen LogP) is 5.69. The zero-order valence-electron chi connectivity index (χ0n) is 18.6. The highest BCUT2D eigenvalue weighted by atomic mass is 32.1. The summed E-state index contributed by atoms with van der Waals surface area (Å²) in [7, 11) is 4.11. The molecule has 162 valence electrons. The summed E-state index contributed by atoms with van der Waals surface area (Å²) in [6, 6.07) is 11.7. The summed E-state index contributed by atoms with van der Waals surface area (Å²) in [4.78, 5) is 10.9. The van der Waals surface area contributed by atoms with Crippen molar-refractivity contribution < 1.29 is 4.74 Å². The van der Waals surface area contributed by atoms with Crippen LogP contribution in [0.15, 0.2) is 60.4 Å². The molecular weight excluding hydrogens is 394 g/mol. The normalized spacial score (nSPS) is 10.2. The zero-order chi connectivity index (χ0) is 22.2. The third-order valence-corrected chi connectivity index (χ3v) is 4.36. The van der Waals surface area contributed by atoms with Crippen molar-refractivity contribution in [1.82, 2.24) is 14.9 Å². The molecule has 0 radical (unpaired) electrons. The largest absolute Gasteiger partial charge is 0.493 e. The van der Waals surface area contributed by atoms with Crippen molar-refractivity contribution in [1.29, 1.82) is 0 Å². The lowest BCUT2D eigenvalue weighted by Gasteiger charge is -2.10. The minimum absolute atomic E-state index is 0.683. The second kappa shape index (κ2) is 15.1. The van der Waals surface area contributed by atoms with Crippen molar-refractivity contribution >= 4 is 32.9 Å². The summed E-state index contributed by atoms with van der Waals surface area (Å²) in [5.41, 5.74) is 4.66. The van der Waals surface area contributed by atoms with Crippen molar-refractivity contribution in [3.63, 3.8) is 0 Å². The first-order valence-corrected chi connectivity index (χ1v) is 10.9. The molecular formula is C23H33N5OS. The topological polar surface area (TPSA) is 62.6 Å². The van der Waals surface area contributed by atoms with Crippen LogP contribution in [0, 0.1) is 0 Å². The van der Waals surface area contributed by atoms with Crippen LogP contribution in [-0.4, -0.2) is 48.3 Å². The molecule has 3 aromatic rings. The van der Waals surface area contributed by atoms with Gasteiger partial charge in [-0.15, -0.1) is 6.58 Å². The molecule has 0 amide bonds. The second-order valence-corrected chi connectivity index (χ2v) is 7.22. The van der Waals surface area contributed by atoms with Gasteiger partial charge in [0.15, 0.2) is 0 Å². The van der Waals surface area contributed by atoms with E-state index < -0.39 is 0 Å². The number of pyridine rings is 1. The molecule has 0 saturated heterocycles. The zero-order valence-corrected chi connectivity index (χ0v) is 19.4. The summed E-state index contributed by atoms with van der Waals surface area (Å²) >= 11 is 1.57. The standard InChI is InChI=1S/C18H21N5OS.C3H6.C2H6/c1-23(2)10-5-11-24-15-8-9-19-14(12-15)13-20-22-18-21-16-6-3-4-7-17(16)25-18;1-3-2;1-2/h3-4,6-9,12-13H,5,10-11H2,1-2H3,(H,21,22);3H,1H2,2H3;1-2H3/b20-13+;;. The molecule has 3 rings (SSSR count). The number of nitrogens with one attached hydrogen (secondary N) is 1. The van der Waals surface area contributed by atoms with E-state index in [0.29, 0.717) is 6.61 Å². The van der Waals surface area contributed by atoms with Crippen LogP contribution in [-0.2, 0) is 0 Å². The van der Waals surface area contributed by atoms with Crippen LogP contribution in [0.4, 0.5) is 5.13 Å². The van der Waals surface area contributed by atoms with E-state index in [1.807, 2.05) is 57.2 Å². The van der Waals surface area contributed by atoms with E-state index in [2.05, 4.69) is 46.1 Å². The van der Waals surface area contributed by atoms with E-state index in [4.69, 9.17) is 4.74 Å². The van der Waals surface area contributed by atoms with E-state index >= 15 is 0 Å². The lowest BCUT2D eigenvalue weighted by atomic mass is 10.3. The number of thiazole rings is 1. The van der Waals surface area contributed by atoms with Gasteiger partial charge in [0.25, 0.3) is 0 Å². The molecule has 0 aliphatic heterocycles. The van der Waals surface area contributed by atoms with Crippen molar-refractivity contribution in [3.8, 4) is 5.75 Å². The average Bonchev–Trinajstić information content (AvgIpc) is 3.16. The first-order chi connectivity index (χ1) is 14.6. The van der Waals surface area contributed by atoms with Crippen molar-refractivity contribution in [3.05, 3.63) is 60.9 Å². The lowest BCUT2D eigenvalue weighted by molar-refractivity contribution is 0.281. The molecule has 0 saturated carbocycles. The Bertz CT molecular complexity index is 859. The number of hydrogen-bond acceptors (Lipinski definition) is 7. The molecule has 2 heterocycles. The molecule has 0 fully saturated rings. The van der Waals surface area contributed by atoms with Gasteiger partial charge in [-0.2, -0.15) is 5.10 Å². The Morgan fingerprint density at radius 2 is 1.97 bits per heavy atom. The molecule has 7 heteroatoms. The molecule has 30 heavy (non-hydrogen) atoms. The maximum absolute atomic E-state index is 5.74. The number of benzene rings is 1. The third-order valence-electron chi connectivity index (χ3n) is 3.42. The number of aromatic nitrogens is 2. The first-order valence-electron chi connectivity index (χ1n) is 10.1. The Morgan fingerprint density at radius 3 is 2.67 bits per heavy atom. The van der Waals surface area contributed by atoms with Gasteiger partial charge in [0, 0.05) is 18.8 Å². The number of anilines is 1. The second-order valence-electron chi connectivity index (χ2n) is 6.19. The third kappa shape index (κ3) is 9.62. The highest BCUT2D eigenvalue weighted by molar-refractivity contribution is 7.22. The molecule has 0 aliphatic carbocycles. The van der Waals surface area contributed by atoms with Gasteiger partial charge in [-0.3, -0.25) is 10.4 Å². The van der Waals surface area contributed by atoms with Gasteiger partial charge in [0.05, 0.1) is 28.7 Å². The molecule has 0 unspecified atom stereocenters. The number of fused-ring (bicyclic) bond motifs is 1. The first kappa shape index (κ1) is 25.3. The number of hydrogen-bond donors (Lipinski definition) is 1. The molecule has 0 spiro atoms. The van der Waals surface area contributed by atoms with Crippen molar-refractivity contribution in [2.75, 3.05) is 32.7 Å². The van der Waals surface area contributed by atoms with E-state index in [0.717, 1.165) is 39.8 Å². The van der Waals surface area contributed by atoms with Gasteiger partial charge in [-0.25, -0.2) is 4.98 Å². The van der Waals surface area contributed by atoms with Gasteiger partial charge < -0.3 is 9.64 Å². The van der Waals surface area contributed by atoms with E-state index in [1.165, 1.54) is 0 Å². The Balaban J connectivity index is 0.000000826. The van der Waals surface area contributed by atoms with Crippen LogP contribution in [0.3, 0.4) is 0 Å². The number of nitrogens with zero attached hydrogens (tertiary/aromatic N) is 4. The fourth-order valence-electron chi connectivity index (χ4n) is 2.23. The Kier molecular flexibility index (Phi) is 12.7. The lowest BCUT2D eigenvalue weighted by Crippen LogP contribution is -2.15. The molecule has 0 bridgehead atoms. The molecule has 0 aliphatic rings. The smallest absolute Gasteiger partial charge is 0.204 e. The van der Waals surface area contributed by atoms with E-state index in [-0.39, 0.29) is 0 Å². The fourth-order valence-corrected chi connectivity index (χ4v) is 3.05. The summed E-state index contributed by atoms with van der Waals surface area (Å²) in [6.45, 7) is 10.9. The minimum atomic E-state index is 0.683. The monoisotopic (exact) mass is 427 g/mol. The maximum Gasteiger partial charge on any atom is 0.204 e. The van der Waals surface area contributed by atoms with E-state index in [9.17, 15) is 0 Å². The van der Waals surface area contributed by atoms with Gasteiger partial charge in [0.2, 0.25) is 5.13 Å². The Hall–Kier alpha value is -2.77. The maximum atomic E-state index is 5.74. The summed E-state index contributed by atoms with van der Waals surface area (Å²) < 4.78 is 6.87. The van der Waals surface area contributed by atoms with Crippen molar-refractivity contribution in [2.45, 2.75) is 27.2 Å². The number of hydrazone groups is 1. The minimum Gasteiger partial charge on any atom is -0.493 e. The quantitative estimate of drug-likeness (QED) is 0.217. The van der Waals surface area contributed by atoms with Gasteiger partial charge in [0.1, 0.15) is 5.75 Å². The van der Waals surface area contributed by atoms with Crippen LogP contribution >= 0.6 is 11.3 Å². The van der Waals surface area contributed by atoms with Crippen LogP contribution in [0.5, 0.6) is 5.75 Å². The van der Waals surface area contributed by atoms with E-state index in [1.54, 1.807) is 29.8 Å². The SMILES string of the molecule is C=CC.CC.CN(C)CCCOc1ccnc(/C=N/Nc2nc3ccccc3s2)c1. The number of para-hydroxylation sites is 1.